The minimum Gasteiger partial charge on any atom is -0.328 e. The number of rotatable bonds is 5. The molecule has 1 rings (SSSR count). The molecule has 6 heteroatoms. The van der Waals surface area contributed by atoms with Crippen molar-refractivity contribution in [3.05, 3.63) is 35.1 Å². The molecule has 2 N–H and O–H groups in total. The fourth-order valence-electron chi connectivity index (χ4n) is 1.45. The summed E-state index contributed by atoms with van der Waals surface area (Å²) in [4.78, 5) is 0. The van der Waals surface area contributed by atoms with Crippen molar-refractivity contribution in [2.45, 2.75) is 25.1 Å². The highest BCUT2D eigenvalue weighted by molar-refractivity contribution is 7.90. The van der Waals surface area contributed by atoms with Crippen LogP contribution < -0.4 is 5.73 Å². The molecule has 0 fully saturated rings. The van der Waals surface area contributed by atoms with Crippen molar-refractivity contribution in [3.63, 3.8) is 0 Å². The summed E-state index contributed by atoms with van der Waals surface area (Å²) in [7, 11) is -3.41. The van der Waals surface area contributed by atoms with Gasteiger partial charge in [0.1, 0.15) is 11.9 Å². The number of nitrogens with zero attached hydrogens (tertiary/aromatic N) is 1. The van der Waals surface area contributed by atoms with Gasteiger partial charge in [-0.2, -0.15) is 5.26 Å². The molecule has 18 heavy (non-hydrogen) atoms. The first-order chi connectivity index (χ1) is 8.35. The van der Waals surface area contributed by atoms with Crippen LogP contribution in [0.3, 0.4) is 0 Å². The van der Waals surface area contributed by atoms with Crippen LogP contribution in [0.2, 0.25) is 0 Å². The van der Waals surface area contributed by atoms with E-state index in [0.29, 0.717) is 6.42 Å². The molecular weight excluding hydrogens is 255 g/mol. The number of hydrogen-bond donors (Lipinski definition) is 1. The van der Waals surface area contributed by atoms with Gasteiger partial charge in [-0.05, 0) is 19.4 Å². The number of nitriles is 1. The van der Waals surface area contributed by atoms with E-state index in [1.54, 1.807) is 13.0 Å². The van der Waals surface area contributed by atoms with Gasteiger partial charge < -0.3 is 5.73 Å². The van der Waals surface area contributed by atoms with Gasteiger partial charge in [0, 0.05) is 11.6 Å². The Bertz CT molecular complexity index is 562. The van der Waals surface area contributed by atoms with Crippen LogP contribution in [0.25, 0.3) is 0 Å². The molecule has 0 amide bonds. The molecule has 4 nitrogen and oxygen atoms in total. The van der Waals surface area contributed by atoms with Crippen LogP contribution in [-0.2, 0) is 15.6 Å². The first kappa shape index (κ1) is 14.6. The number of sulfone groups is 1. The second-order valence-corrected chi connectivity index (χ2v) is 6.43. The Morgan fingerprint density at radius 3 is 2.72 bits per heavy atom. The topological polar surface area (TPSA) is 84.0 Å². The number of benzene rings is 1. The van der Waals surface area contributed by atoms with E-state index in [1.807, 2.05) is 0 Å². The molecule has 98 valence electrons. The molecule has 0 spiro atoms. The molecule has 1 unspecified atom stereocenters. The first-order valence-corrected chi connectivity index (χ1v) is 7.31. The smallest absolute Gasteiger partial charge is 0.154 e. The van der Waals surface area contributed by atoms with E-state index in [4.69, 9.17) is 11.0 Å². The summed E-state index contributed by atoms with van der Waals surface area (Å²) < 4.78 is 37.2. The molecule has 0 aromatic heterocycles. The predicted octanol–water partition coefficient (Wildman–Crippen LogP) is 1.35. The zero-order chi connectivity index (χ0) is 13.8. The van der Waals surface area contributed by atoms with Crippen molar-refractivity contribution in [1.82, 2.24) is 0 Å². The summed E-state index contributed by atoms with van der Waals surface area (Å²) in [6.07, 6.45) is 0.335. The lowest BCUT2D eigenvalue weighted by molar-refractivity contribution is 0.579. The zero-order valence-electron chi connectivity index (χ0n) is 10.1. The van der Waals surface area contributed by atoms with E-state index in [2.05, 4.69) is 0 Å². The lowest BCUT2D eigenvalue weighted by Crippen LogP contribution is -2.21. The van der Waals surface area contributed by atoms with Crippen molar-refractivity contribution in [2.24, 2.45) is 5.73 Å². The second kappa shape index (κ2) is 5.94. The first-order valence-electron chi connectivity index (χ1n) is 5.49. The van der Waals surface area contributed by atoms with Crippen molar-refractivity contribution >= 4 is 9.84 Å². The molecule has 1 atom stereocenters. The molecule has 0 heterocycles. The fraction of sp³-hybridized carbons (Fsp3) is 0.417. The highest BCUT2D eigenvalue weighted by Gasteiger charge is 2.17. The van der Waals surface area contributed by atoms with Gasteiger partial charge in [-0.1, -0.05) is 12.1 Å². The predicted molar refractivity (Wildman–Crippen MR) is 66.9 cm³/mol. The van der Waals surface area contributed by atoms with Gasteiger partial charge in [-0.3, -0.25) is 0 Å². The molecule has 1 aromatic rings. The lowest BCUT2D eigenvalue weighted by Gasteiger charge is -2.08. The average molecular weight is 270 g/mol. The Kier molecular flexibility index (Phi) is 4.82. The Morgan fingerprint density at radius 2 is 2.17 bits per heavy atom. The molecule has 0 radical (unpaired) electrons. The van der Waals surface area contributed by atoms with Gasteiger partial charge in [0.25, 0.3) is 0 Å². The van der Waals surface area contributed by atoms with Gasteiger partial charge in [-0.25, -0.2) is 12.8 Å². The van der Waals surface area contributed by atoms with Crippen molar-refractivity contribution in [1.29, 1.82) is 5.26 Å². The molecule has 1 aromatic carbocycles. The standard InChI is InChI=1S/C12H15FN2O2S/c1-9(15)5-6-18(16,17)8-11-4-2-3-10(7-14)12(11)13/h2-4,9H,5-6,8,15H2,1H3. The number of halogens is 1. The van der Waals surface area contributed by atoms with E-state index in [0.717, 1.165) is 0 Å². The normalized spacial score (nSPS) is 13.0. The minimum atomic E-state index is -3.41. The molecule has 0 saturated heterocycles. The zero-order valence-corrected chi connectivity index (χ0v) is 10.9. The highest BCUT2D eigenvalue weighted by atomic mass is 32.2. The van der Waals surface area contributed by atoms with Crippen LogP contribution in [0, 0.1) is 17.1 Å². The van der Waals surface area contributed by atoms with Crippen molar-refractivity contribution in [2.75, 3.05) is 5.75 Å². The summed E-state index contributed by atoms with van der Waals surface area (Å²) in [6.45, 7) is 1.71. The van der Waals surface area contributed by atoms with Gasteiger partial charge in [0.2, 0.25) is 0 Å². The van der Waals surface area contributed by atoms with Crippen LogP contribution in [0.1, 0.15) is 24.5 Å². The van der Waals surface area contributed by atoms with Crippen LogP contribution in [0.4, 0.5) is 4.39 Å². The van der Waals surface area contributed by atoms with Crippen LogP contribution in [0.5, 0.6) is 0 Å². The summed E-state index contributed by atoms with van der Waals surface area (Å²) in [5.41, 5.74) is 5.37. The summed E-state index contributed by atoms with van der Waals surface area (Å²) in [6, 6.07) is 5.63. The highest BCUT2D eigenvalue weighted by Crippen LogP contribution is 2.16. The molecule has 0 bridgehead atoms. The molecule has 0 aliphatic heterocycles. The largest absolute Gasteiger partial charge is 0.328 e. The fourth-order valence-corrected chi connectivity index (χ4v) is 3.02. The van der Waals surface area contributed by atoms with E-state index < -0.39 is 21.4 Å². The van der Waals surface area contributed by atoms with Crippen LogP contribution in [0.15, 0.2) is 18.2 Å². The van der Waals surface area contributed by atoms with Gasteiger partial charge in [0.15, 0.2) is 9.84 Å². The quantitative estimate of drug-likeness (QED) is 0.875. The summed E-state index contributed by atoms with van der Waals surface area (Å²) in [5.74, 6) is -1.24. The maximum absolute atomic E-state index is 13.7. The molecule has 0 saturated carbocycles. The van der Waals surface area contributed by atoms with E-state index in [-0.39, 0.29) is 22.9 Å². The third-order valence-electron chi connectivity index (χ3n) is 2.46. The van der Waals surface area contributed by atoms with E-state index >= 15 is 0 Å². The Morgan fingerprint density at radius 1 is 1.50 bits per heavy atom. The Hall–Kier alpha value is -1.45. The lowest BCUT2D eigenvalue weighted by atomic mass is 10.1. The second-order valence-electron chi connectivity index (χ2n) is 4.25. The third kappa shape index (κ3) is 4.09. The Balaban J connectivity index is 2.88. The Labute approximate surface area is 106 Å². The maximum Gasteiger partial charge on any atom is 0.154 e. The van der Waals surface area contributed by atoms with Crippen LogP contribution >= 0.6 is 0 Å². The minimum absolute atomic E-state index is 0.0266. The summed E-state index contributed by atoms with van der Waals surface area (Å²) >= 11 is 0. The van der Waals surface area contributed by atoms with Gasteiger partial charge in [-0.15, -0.1) is 0 Å². The SMILES string of the molecule is CC(N)CCS(=O)(=O)Cc1cccc(C#N)c1F. The average Bonchev–Trinajstić information content (AvgIpc) is 2.29. The molecular formula is C12H15FN2O2S. The van der Waals surface area contributed by atoms with Gasteiger partial charge >= 0.3 is 0 Å². The molecule has 0 aliphatic carbocycles. The van der Waals surface area contributed by atoms with E-state index in [9.17, 15) is 12.8 Å². The number of nitrogens with two attached hydrogens (primary N) is 1. The molecule has 0 aliphatic rings. The number of hydrogen-bond acceptors (Lipinski definition) is 4. The van der Waals surface area contributed by atoms with Crippen molar-refractivity contribution in [3.8, 4) is 6.07 Å². The van der Waals surface area contributed by atoms with E-state index in [1.165, 1.54) is 18.2 Å². The van der Waals surface area contributed by atoms with Gasteiger partial charge in [0.05, 0.1) is 17.1 Å². The van der Waals surface area contributed by atoms with Crippen LogP contribution in [-0.4, -0.2) is 20.2 Å². The maximum atomic E-state index is 13.7. The summed E-state index contributed by atoms with van der Waals surface area (Å²) in [5, 5.41) is 8.66. The monoisotopic (exact) mass is 270 g/mol. The third-order valence-corrected chi connectivity index (χ3v) is 4.07. The van der Waals surface area contributed by atoms with Crippen molar-refractivity contribution < 1.29 is 12.8 Å².